The Hall–Kier alpha value is -1.63. The summed E-state index contributed by atoms with van der Waals surface area (Å²) in [4.78, 5) is 13.1. The molecular weight excluding hydrogens is 771 g/mol. The first kappa shape index (κ1) is 57.4. The zero-order valence-corrected chi connectivity index (χ0v) is 39.0. The zero-order chi connectivity index (χ0) is 44.6. The van der Waals surface area contributed by atoms with Crippen molar-refractivity contribution >= 4 is 5.91 Å². The first-order chi connectivity index (χ1) is 29.8. The molecule has 7 N–H and O–H groups in total. The fourth-order valence-corrected chi connectivity index (χ4v) is 7.90. The summed E-state index contributed by atoms with van der Waals surface area (Å²) in [6.07, 6.45) is 40.9. The average molecular weight is 866 g/mol. The molecule has 0 bridgehead atoms. The molecule has 8 atom stereocenters. The van der Waals surface area contributed by atoms with Crippen molar-refractivity contribution in [3.8, 4) is 0 Å². The minimum Gasteiger partial charge on any atom is -0.394 e. The summed E-state index contributed by atoms with van der Waals surface area (Å²) in [7, 11) is 0. The number of rotatable bonds is 42. The summed E-state index contributed by atoms with van der Waals surface area (Å²) in [5, 5.41) is 64.7. The predicted molar refractivity (Wildman–Crippen MR) is 250 cm³/mol. The summed E-state index contributed by atoms with van der Waals surface area (Å²) in [5.41, 5.74) is 0. The summed E-state index contributed by atoms with van der Waals surface area (Å²) >= 11 is 0. The number of hydrogen-bond donors (Lipinski definition) is 7. The Balaban J connectivity index is 2.36. The van der Waals surface area contributed by atoms with Crippen LogP contribution in [-0.2, 0) is 14.3 Å². The van der Waals surface area contributed by atoms with Crippen LogP contribution in [0, 0.1) is 0 Å². The highest BCUT2D eigenvalue weighted by Gasteiger charge is 2.44. The van der Waals surface area contributed by atoms with E-state index in [0.29, 0.717) is 19.3 Å². The smallest absolute Gasteiger partial charge is 0.249 e. The molecule has 10 nitrogen and oxygen atoms in total. The lowest BCUT2D eigenvalue weighted by atomic mass is 9.99. The summed E-state index contributed by atoms with van der Waals surface area (Å²) in [6.45, 7) is 3.58. The van der Waals surface area contributed by atoms with Crippen molar-refractivity contribution in [3.63, 3.8) is 0 Å². The molecule has 8 unspecified atom stereocenters. The Kier molecular flexibility index (Phi) is 38.7. The first-order valence-corrected chi connectivity index (χ1v) is 25.3. The number of ether oxygens (including phenoxy) is 2. The van der Waals surface area contributed by atoms with Gasteiger partial charge in [0.25, 0.3) is 0 Å². The lowest BCUT2D eigenvalue weighted by molar-refractivity contribution is -0.302. The molecule has 1 fully saturated rings. The molecule has 1 heterocycles. The highest BCUT2D eigenvalue weighted by molar-refractivity contribution is 5.80. The lowest BCUT2D eigenvalue weighted by Crippen LogP contribution is -2.60. The Bertz CT molecular complexity index is 1070. The second kappa shape index (κ2) is 41.1. The molecular formula is C51H95NO9. The van der Waals surface area contributed by atoms with Crippen molar-refractivity contribution in [2.75, 3.05) is 13.2 Å². The first-order valence-electron chi connectivity index (χ1n) is 25.3. The fourth-order valence-electron chi connectivity index (χ4n) is 7.90. The van der Waals surface area contributed by atoms with Crippen molar-refractivity contribution < 1.29 is 44.9 Å². The monoisotopic (exact) mass is 866 g/mol. The van der Waals surface area contributed by atoms with Gasteiger partial charge in [0.05, 0.1) is 25.4 Å². The van der Waals surface area contributed by atoms with Gasteiger partial charge in [-0.15, -0.1) is 0 Å². The summed E-state index contributed by atoms with van der Waals surface area (Å²) < 4.78 is 11.1. The number of nitrogens with one attached hydrogen (secondary N) is 1. The van der Waals surface area contributed by atoms with Crippen LogP contribution in [0.4, 0.5) is 0 Å². The fraction of sp³-hybridized carbons (Fsp3) is 0.863. The second-order valence-corrected chi connectivity index (χ2v) is 17.7. The van der Waals surface area contributed by atoms with Crippen LogP contribution in [0.1, 0.15) is 219 Å². The van der Waals surface area contributed by atoms with Crippen LogP contribution in [0.5, 0.6) is 0 Å². The van der Waals surface area contributed by atoms with E-state index in [1.54, 1.807) is 6.08 Å². The van der Waals surface area contributed by atoms with Gasteiger partial charge in [-0.1, -0.05) is 211 Å². The molecule has 61 heavy (non-hydrogen) atoms. The Morgan fingerprint density at radius 2 is 0.967 bits per heavy atom. The molecule has 1 saturated heterocycles. The van der Waals surface area contributed by atoms with E-state index in [9.17, 15) is 35.4 Å². The minimum absolute atomic E-state index is 0.304. The van der Waals surface area contributed by atoms with Crippen LogP contribution in [-0.4, -0.2) is 98.7 Å². The van der Waals surface area contributed by atoms with Crippen molar-refractivity contribution in [3.05, 3.63) is 36.5 Å². The molecule has 0 aromatic rings. The van der Waals surface area contributed by atoms with E-state index in [-0.39, 0.29) is 6.61 Å². The molecule has 0 aromatic carbocycles. The average Bonchev–Trinajstić information content (AvgIpc) is 3.26. The molecule has 0 radical (unpaired) electrons. The van der Waals surface area contributed by atoms with Gasteiger partial charge in [0.2, 0.25) is 5.91 Å². The number of aliphatic hydroxyl groups excluding tert-OH is 6. The third kappa shape index (κ3) is 31.0. The van der Waals surface area contributed by atoms with Gasteiger partial charge in [-0.2, -0.15) is 0 Å². The lowest BCUT2D eigenvalue weighted by Gasteiger charge is -2.40. The molecule has 1 amide bonds. The second-order valence-electron chi connectivity index (χ2n) is 17.7. The van der Waals surface area contributed by atoms with Crippen LogP contribution in [0.25, 0.3) is 0 Å². The molecule has 0 saturated carbocycles. The van der Waals surface area contributed by atoms with E-state index >= 15 is 0 Å². The third-order valence-corrected chi connectivity index (χ3v) is 12.1. The molecule has 1 aliphatic heterocycles. The number of aliphatic hydroxyl groups is 6. The predicted octanol–water partition coefficient (Wildman–Crippen LogP) is 10.2. The Morgan fingerprint density at radius 1 is 0.557 bits per heavy atom. The number of allylic oxidation sites excluding steroid dienone is 5. The molecule has 0 aliphatic carbocycles. The Labute approximate surface area is 373 Å². The normalized spacial score (nSPS) is 21.2. The van der Waals surface area contributed by atoms with Crippen molar-refractivity contribution in [1.82, 2.24) is 5.32 Å². The van der Waals surface area contributed by atoms with E-state index in [1.807, 2.05) is 6.08 Å². The van der Waals surface area contributed by atoms with Gasteiger partial charge in [-0.05, 0) is 44.9 Å². The molecule has 0 aromatic heterocycles. The standard InChI is InChI=1S/C51H95NO9/c1-3-5-7-9-11-13-15-17-19-20-21-22-23-24-26-28-30-32-34-36-38-40-45(55)50(59)52-43(42-60-51-49(58)48(57)47(56)46(41-53)61-51)44(54)39-37-35-33-31-29-27-25-18-16-14-12-10-8-6-4-2/h16,18,29,31,37,39,43-49,51,53-58H,3-15,17,19-28,30,32-36,38,40-42H2,1-2H3,(H,52,59)/b18-16+,31-29+,39-37+. The summed E-state index contributed by atoms with van der Waals surface area (Å²) in [6, 6.07) is -1.00. The van der Waals surface area contributed by atoms with Gasteiger partial charge < -0.3 is 45.4 Å². The van der Waals surface area contributed by atoms with Gasteiger partial charge in [0.15, 0.2) is 6.29 Å². The molecule has 0 spiro atoms. The van der Waals surface area contributed by atoms with Gasteiger partial charge in [0.1, 0.15) is 30.5 Å². The number of carbonyl (C=O) groups is 1. The van der Waals surface area contributed by atoms with Crippen molar-refractivity contribution in [1.29, 1.82) is 0 Å². The molecule has 10 heteroatoms. The molecule has 1 aliphatic rings. The number of unbranched alkanes of at least 4 members (excludes halogenated alkanes) is 27. The van der Waals surface area contributed by atoms with Crippen LogP contribution >= 0.6 is 0 Å². The summed E-state index contributed by atoms with van der Waals surface area (Å²) in [5.74, 6) is -0.628. The number of carbonyl (C=O) groups excluding carboxylic acids is 1. The highest BCUT2D eigenvalue weighted by Crippen LogP contribution is 2.23. The Morgan fingerprint density at radius 3 is 1.43 bits per heavy atom. The third-order valence-electron chi connectivity index (χ3n) is 12.1. The van der Waals surface area contributed by atoms with E-state index in [2.05, 4.69) is 43.5 Å². The van der Waals surface area contributed by atoms with Gasteiger partial charge in [-0.25, -0.2) is 0 Å². The van der Waals surface area contributed by atoms with Crippen molar-refractivity contribution in [2.45, 2.75) is 268 Å². The highest BCUT2D eigenvalue weighted by atomic mass is 16.7. The maximum Gasteiger partial charge on any atom is 0.249 e. The van der Waals surface area contributed by atoms with Gasteiger partial charge in [-0.3, -0.25) is 4.79 Å². The molecule has 358 valence electrons. The zero-order valence-electron chi connectivity index (χ0n) is 39.0. The minimum atomic E-state index is -1.62. The number of hydrogen-bond acceptors (Lipinski definition) is 9. The van der Waals surface area contributed by atoms with Crippen LogP contribution < -0.4 is 5.32 Å². The van der Waals surface area contributed by atoms with Crippen LogP contribution in [0.15, 0.2) is 36.5 Å². The van der Waals surface area contributed by atoms with E-state index in [0.717, 1.165) is 44.9 Å². The van der Waals surface area contributed by atoms with E-state index < -0.39 is 61.5 Å². The van der Waals surface area contributed by atoms with Gasteiger partial charge in [0, 0.05) is 0 Å². The van der Waals surface area contributed by atoms with Crippen LogP contribution in [0.3, 0.4) is 0 Å². The van der Waals surface area contributed by atoms with E-state index in [4.69, 9.17) is 9.47 Å². The molecule has 1 rings (SSSR count). The van der Waals surface area contributed by atoms with Crippen molar-refractivity contribution in [2.24, 2.45) is 0 Å². The van der Waals surface area contributed by atoms with E-state index in [1.165, 1.54) is 141 Å². The topological polar surface area (TPSA) is 169 Å². The maximum absolute atomic E-state index is 13.1. The quantitative estimate of drug-likeness (QED) is 0.0233. The largest absolute Gasteiger partial charge is 0.394 e. The maximum atomic E-state index is 13.1. The van der Waals surface area contributed by atoms with Gasteiger partial charge >= 0.3 is 0 Å². The number of amides is 1. The SMILES string of the molecule is CCCCCCC/C=C/CC/C=C/CC/C=C/C(O)C(COC1OC(CO)C(O)C(O)C1O)NC(=O)C(O)CCCCCCCCCCCCCCCCCCCCCCC. The van der Waals surface area contributed by atoms with Crippen LogP contribution in [0.2, 0.25) is 0 Å².